The van der Waals surface area contributed by atoms with Gasteiger partial charge in [-0.15, -0.1) is 0 Å². The molecule has 3 heterocycles. The molecule has 0 N–H and O–H groups in total. The zero-order valence-corrected chi connectivity index (χ0v) is 18.5. The van der Waals surface area contributed by atoms with Gasteiger partial charge in [0.25, 0.3) is 11.8 Å². The second kappa shape index (κ2) is 8.00. The molecular formula is C23H15ClN2O3S2. The molecule has 1 fully saturated rings. The molecule has 154 valence electrons. The van der Waals surface area contributed by atoms with E-state index in [2.05, 4.69) is 0 Å². The van der Waals surface area contributed by atoms with E-state index in [0.717, 1.165) is 28.6 Å². The maximum Gasteiger partial charge on any atom is 0.267 e. The Morgan fingerprint density at radius 3 is 2.45 bits per heavy atom. The van der Waals surface area contributed by atoms with Crippen LogP contribution in [0.1, 0.15) is 16.9 Å². The number of thiocarbonyl (C=S) groups is 1. The van der Waals surface area contributed by atoms with Gasteiger partial charge in [0, 0.05) is 10.6 Å². The molecular weight excluding hydrogens is 452 g/mol. The molecule has 2 aliphatic rings. The minimum absolute atomic E-state index is 0.230. The number of amides is 2. The summed E-state index contributed by atoms with van der Waals surface area (Å²) >= 11 is 12.9. The van der Waals surface area contributed by atoms with Crippen LogP contribution in [0, 0.1) is 0 Å². The van der Waals surface area contributed by atoms with Crippen LogP contribution in [0.15, 0.2) is 76.2 Å². The van der Waals surface area contributed by atoms with Crippen LogP contribution in [-0.2, 0) is 22.7 Å². The van der Waals surface area contributed by atoms with Crippen LogP contribution >= 0.6 is 35.6 Å². The van der Waals surface area contributed by atoms with Crippen LogP contribution in [0.5, 0.6) is 0 Å². The van der Waals surface area contributed by atoms with Crippen molar-refractivity contribution in [1.82, 2.24) is 4.90 Å². The number of halogens is 1. The number of hydrogen-bond donors (Lipinski definition) is 0. The van der Waals surface area contributed by atoms with Crippen molar-refractivity contribution in [2.24, 2.45) is 0 Å². The van der Waals surface area contributed by atoms with Crippen molar-refractivity contribution in [2.75, 3.05) is 4.90 Å². The molecule has 0 unspecified atom stereocenters. The van der Waals surface area contributed by atoms with Gasteiger partial charge < -0.3 is 9.32 Å². The molecule has 2 aromatic carbocycles. The van der Waals surface area contributed by atoms with Crippen molar-refractivity contribution in [2.45, 2.75) is 13.1 Å². The summed E-state index contributed by atoms with van der Waals surface area (Å²) in [7, 11) is 0. The van der Waals surface area contributed by atoms with Gasteiger partial charge in [-0.3, -0.25) is 14.5 Å². The lowest BCUT2D eigenvalue weighted by Crippen LogP contribution is -2.29. The number of anilines is 1. The van der Waals surface area contributed by atoms with E-state index in [1.807, 2.05) is 42.5 Å². The Hall–Kier alpha value is -2.87. The summed E-state index contributed by atoms with van der Waals surface area (Å²) in [6.07, 6.45) is 1.55. The number of carbonyl (C=O) groups excluding carboxylic acids is 2. The molecule has 0 radical (unpaired) electrons. The normalized spacial score (nSPS) is 18.3. The number of furan rings is 1. The van der Waals surface area contributed by atoms with Crippen LogP contribution in [0.3, 0.4) is 0 Å². The molecule has 2 aliphatic heterocycles. The average Bonchev–Trinajstić information content (AvgIpc) is 3.45. The third-order valence-corrected chi connectivity index (χ3v) is 7.00. The van der Waals surface area contributed by atoms with Crippen LogP contribution in [-0.4, -0.2) is 21.0 Å². The first kappa shape index (κ1) is 20.1. The molecule has 31 heavy (non-hydrogen) atoms. The van der Waals surface area contributed by atoms with Crippen molar-refractivity contribution in [3.05, 3.63) is 93.7 Å². The molecule has 5 nitrogen and oxygen atoms in total. The van der Waals surface area contributed by atoms with Crippen LogP contribution < -0.4 is 4.90 Å². The number of rotatable bonds is 4. The fourth-order valence-corrected chi connectivity index (χ4v) is 5.22. The van der Waals surface area contributed by atoms with E-state index in [9.17, 15) is 9.59 Å². The zero-order valence-electron chi connectivity index (χ0n) is 16.1. The maximum absolute atomic E-state index is 13.5. The van der Waals surface area contributed by atoms with Crippen molar-refractivity contribution in [1.29, 1.82) is 0 Å². The predicted molar refractivity (Wildman–Crippen MR) is 125 cm³/mol. The van der Waals surface area contributed by atoms with Gasteiger partial charge in [0.05, 0.1) is 35.5 Å². The second-order valence-electron chi connectivity index (χ2n) is 7.04. The third-order valence-electron chi connectivity index (χ3n) is 5.18. The molecule has 1 saturated heterocycles. The van der Waals surface area contributed by atoms with Gasteiger partial charge in [-0.2, -0.15) is 0 Å². The average molecular weight is 467 g/mol. The first-order valence-electron chi connectivity index (χ1n) is 9.49. The van der Waals surface area contributed by atoms with Gasteiger partial charge in [0.1, 0.15) is 10.1 Å². The highest BCUT2D eigenvalue weighted by Gasteiger charge is 2.42. The SMILES string of the molecule is O=C1/C(=C2\C(=O)N(Cc3ccccc3Cl)c3ccccc32)SC(=S)N1Cc1ccco1. The summed E-state index contributed by atoms with van der Waals surface area (Å²) in [6.45, 7) is 0.541. The highest BCUT2D eigenvalue weighted by atomic mass is 35.5. The number of carbonyl (C=O) groups is 2. The molecule has 0 bridgehead atoms. The Morgan fingerprint density at radius 1 is 0.903 bits per heavy atom. The van der Waals surface area contributed by atoms with Crippen LogP contribution in [0.2, 0.25) is 5.02 Å². The highest BCUT2D eigenvalue weighted by molar-refractivity contribution is 8.26. The summed E-state index contributed by atoms with van der Waals surface area (Å²) in [4.78, 5) is 30.2. The minimum Gasteiger partial charge on any atom is -0.467 e. The first-order chi connectivity index (χ1) is 15.0. The number of benzene rings is 2. The van der Waals surface area contributed by atoms with E-state index >= 15 is 0 Å². The van der Waals surface area contributed by atoms with Gasteiger partial charge in [-0.05, 0) is 29.8 Å². The molecule has 3 aromatic rings. The molecule has 1 aromatic heterocycles. The lowest BCUT2D eigenvalue weighted by atomic mass is 10.1. The molecule has 2 amide bonds. The molecule has 0 saturated carbocycles. The van der Waals surface area contributed by atoms with Crippen LogP contribution in [0.4, 0.5) is 5.69 Å². The van der Waals surface area contributed by atoms with E-state index in [1.54, 1.807) is 29.4 Å². The van der Waals surface area contributed by atoms with Gasteiger partial charge >= 0.3 is 0 Å². The summed E-state index contributed by atoms with van der Waals surface area (Å²) in [5, 5.41) is 0.589. The number of nitrogens with zero attached hydrogens (tertiary/aromatic N) is 2. The third kappa shape index (κ3) is 3.48. The van der Waals surface area contributed by atoms with Gasteiger partial charge in [-0.25, -0.2) is 0 Å². The van der Waals surface area contributed by atoms with Gasteiger partial charge in [-0.1, -0.05) is 72.0 Å². The monoisotopic (exact) mass is 466 g/mol. The fraction of sp³-hybridized carbons (Fsp3) is 0.0870. The van der Waals surface area contributed by atoms with Gasteiger partial charge in [0.2, 0.25) is 0 Å². The molecule has 0 atom stereocenters. The molecule has 5 rings (SSSR count). The van der Waals surface area contributed by atoms with E-state index in [1.165, 1.54) is 4.90 Å². The smallest absolute Gasteiger partial charge is 0.267 e. The van der Waals surface area contributed by atoms with E-state index < -0.39 is 0 Å². The standard InChI is InChI=1S/C23H15ClN2O3S2/c24-17-9-3-1-6-14(17)12-25-18-10-4-2-8-16(18)19(21(25)27)20-22(28)26(23(30)31-20)13-15-7-5-11-29-15/h1-11H,12-13H2/b20-19+. The summed E-state index contributed by atoms with van der Waals surface area (Å²) < 4.78 is 5.76. The van der Waals surface area contributed by atoms with Crippen molar-refractivity contribution >= 4 is 63.0 Å². The molecule has 8 heteroatoms. The lowest BCUT2D eigenvalue weighted by molar-refractivity contribution is -0.123. The van der Waals surface area contributed by atoms with E-state index in [-0.39, 0.29) is 18.4 Å². The summed E-state index contributed by atoms with van der Waals surface area (Å²) in [5.41, 5.74) is 2.68. The minimum atomic E-state index is -0.288. The number of thioether (sulfide) groups is 1. The second-order valence-corrected chi connectivity index (χ2v) is 9.09. The Balaban J connectivity index is 1.54. The van der Waals surface area contributed by atoms with Gasteiger partial charge in [0.15, 0.2) is 0 Å². The Morgan fingerprint density at radius 2 is 1.68 bits per heavy atom. The fourth-order valence-electron chi connectivity index (χ4n) is 3.70. The highest BCUT2D eigenvalue weighted by Crippen LogP contribution is 2.45. The quantitative estimate of drug-likeness (QED) is 0.388. The Kier molecular flexibility index (Phi) is 5.17. The number of hydrogen-bond acceptors (Lipinski definition) is 5. The number of para-hydroxylation sites is 1. The zero-order chi connectivity index (χ0) is 21.5. The predicted octanol–water partition coefficient (Wildman–Crippen LogP) is 5.25. The largest absolute Gasteiger partial charge is 0.467 e. The number of fused-ring (bicyclic) bond motifs is 1. The van der Waals surface area contributed by atoms with Crippen LogP contribution in [0.25, 0.3) is 5.57 Å². The molecule has 0 spiro atoms. The van der Waals surface area contributed by atoms with Crippen molar-refractivity contribution in [3.63, 3.8) is 0 Å². The molecule has 0 aliphatic carbocycles. The Labute approximate surface area is 193 Å². The van der Waals surface area contributed by atoms with E-state index in [4.69, 9.17) is 28.2 Å². The summed E-state index contributed by atoms with van der Waals surface area (Å²) in [6, 6.07) is 18.4. The van der Waals surface area contributed by atoms with Crippen molar-refractivity contribution < 1.29 is 14.0 Å². The first-order valence-corrected chi connectivity index (χ1v) is 11.1. The summed E-state index contributed by atoms with van der Waals surface area (Å²) in [5.74, 6) is 0.102. The lowest BCUT2D eigenvalue weighted by Gasteiger charge is -2.18. The maximum atomic E-state index is 13.5. The Bertz CT molecular complexity index is 1250. The topological polar surface area (TPSA) is 53.8 Å². The van der Waals surface area contributed by atoms with Crippen molar-refractivity contribution in [3.8, 4) is 0 Å². The van der Waals surface area contributed by atoms with E-state index in [0.29, 0.717) is 32.1 Å².